The molecule has 0 atom stereocenters. The normalized spacial score (nSPS) is 11.6. The van der Waals surface area contributed by atoms with Gasteiger partial charge in [-0.3, -0.25) is 0 Å². The summed E-state index contributed by atoms with van der Waals surface area (Å²) in [5, 5.41) is 0. The van der Waals surface area contributed by atoms with Crippen LogP contribution in [0.25, 0.3) is 0 Å². The Hall–Kier alpha value is -0.760. The first-order chi connectivity index (χ1) is 9.51. The summed E-state index contributed by atoms with van der Waals surface area (Å²) in [4.78, 5) is 0.828. The molecule has 1 aromatic carbocycles. The molecule has 0 bridgehead atoms. The van der Waals surface area contributed by atoms with Gasteiger partial charge < -0.3 is 4.74 Å². The minimum atomic E-state index is 0.196. The van der Waals surface area contributed by atoms with Gasteiger partial charge in [0.15, 0.2) is 0 Å². The van der Waals surface area contributed by atoms with E-state index in [2.05, 4.69) is 39.8 Å². The first-order valence-corrected chi connectivity index (χ1v) is 8.36. The third-order valence-corrected chi connectivity index (χ3v) is 4.22. The Kier molecular flexibility index (Phi) is 7.36. The molecule has 1 nitrogen and oxygen atoms in total. The van der Waals surface area contributed by atoms with Crippen LogP contribution < -0.4 is 4.74 Å². The highest BCUT2D eigenvalue weighted by Gasteiger charge is 2.21. The van der Waals surface area contributed by atoms with Crippen LogP contribution in [0.5, 0.6) is 5.75 Å². The van der Waals surface area contributed by atoms with Crippen molar-refractivity contribution >= 4 is 12.6 Å². The first kappa shape index (κ1) is 17.3. The van der Waals surface area contributed by atoms with Gasteiger partial charge in [0.05, 0.1) is 11.5 Å². The molecular formula is C18H29OS. The van der Waals surface area contributed by atoms with Crippen LogP contribution in [0.4, 0.5) is 0 Å². The third kappa shape index (κ3) is 5.32. The maximum absolute atomic E-state index is 5.83. The van der Waals surface area contributed by atoms with Crippen LogP contribution in [0.1, 0.15) is 71.8 Å². The average molecular weight is 293 g/mol. The molecule has 2 heteroatoms. The highest BCUT2D eigenvalue weighted by atomic mass is 32.1. The van der Waals surface area contributed by atoms with Gasteiger partial charge in [0.2, 0.25) is 0 Å². The number of ether oxygens (including phenoxy) is 1. The van der Waals surface area contributed by atoms with Gasteiger partial charge in [0, 0.05) is 0 Å². The van der Waals surface area contributed by atoms with Crippen LogP contribution in [-0.2, 0) is 5.41 Å². The molecule has 0 saturated carbocycles. The average Bonchev–Trinajstić information content (AvgIpc) is 2.41. The van der Waals surface area contributed by atoms with Crippen LogP contribution in [0.15, 0.2) is 23.1 Å². The van der Waals surface area contributed by atoms with Crippen molar-refractivity contribution in [2.24, 2.45) is 0 Å². The van der Waals surface area contributed by atoms with Crippen molar-refractivity contribution in [1.82, 2.24) is 0 Å². The van der Waals surface area contributed by atoms with Gasteiger partial charge in [-0.15, -0.1) is 0 Å². The second-order valence-electron chi connectivity index (χ2n) is 6.20. The van der Waals surface area contributed by atoms with E-state index in [1.807, 2.05) is 6.07 Å². The monoisotopic (exact) mass is 293 g/mol. The predicted octanol–water partition coefficient (Wildman–Crippen LogP) is 6.28. The topological polar surface area (TPSA) is 9.23 Å². The van der Waals surface area contributed by atoms with Gasteiger partial charge in [0.1, 0.15) is 5.75 Å². The van der Waals surface area contributed by atoms with Crippen LogP contribution in [0.2, 0.25) is 0 Å². The second kappa shape index (κ2) is 8.51. The summed E-state index contributed by atoms with van der Waals surface area (Å²) in [6, 6.07) is 6.35. The second-order valence-corrected chi connectivity index (χ2v) is 6.64. The van der Waals surface area contributed by atoms with Gasteiger partial charge in [-0.05, 0) is 36.0 Å². The van der Waals surface area contributed by atoms with E-state index in [1.54, 1.807) is 0 Å². The molecule has 0 fully saturated rings. The number of hydrogen-bond donors (Lipinski definition) is 0. The molecular weight excluding hydrogens is 264 g/mol. The zero-order valence-corrected chi connectivity index (χ0v) is 14.3. The molecule has 1 rings (SSSR count). The van der Waals surface area contributed by atoms with Crippen molar-refractivity contribution in [1.29, 1.82) is 0 Å². The maximum Gasteiger partial charge on any atom is 0.137 e. The molecule has 113 valence electrons. The highest BCUT2D eigenvalue weighted by Crippen LogP contribution is 2.34. The van der Waals surface area contributed by atoms with E-state index in [4.69, 9.17) is 17.4 Å². The van der Waals surface area contributed by atoms with E-state index in [1.165, 1.54) is 31.2 Å². The minimum absolute atomic E-state index is 0.196. The zero-order chi connectivity index (χ0) is 15.0. The highest BCUT2D eigenvalue weighted by molar-refractivity contribution is 7.80. The molecule has 1 radical (unpaired) electrons. The minimum Gasteiger partial charge on any atom is -0.492 e. The summed E-state index contributed by atoms with van der Waals surface area (Å²) in [5.41, 5.74) is 1.54. The molecule has 0 heterocycles. The largest absolute Gasteiger partial charge is 0.492 e. The van der Waals surface area contributed by atoms with Crippen molar-refractivity contribution in [2.45, 2.75) is 76.5 Å². The molecule has 0 aliphatic heterocycles. The number of unbranched alkanes of at least 4 members (excludes halogenated alkanes) is 3. The first-order valence-electron chi connectivity index (χ1n) is 7.95. The van der Waals surface area contributed by atoms with Gasteiger partial charge >= 0.3 is 0 Å². The Morgan fingerprint density at radius 3 is 2.40 bits per heavy atom. The zero-order valence-electron chi connectivity index (χ0n) is 13.5. The third-order valence-electron chi connectivity index (χ3n) is 3.89. The predicted molar refractivity (Wildman–Crippen MR) is 89.9 cm³/mol. The summed E-state index contributed by atoms with van der Waals surface area (Å²) in [5.74, 6) is 0.884. The molecule has 0 aliphatic rings. The standard InChI is InChI=1S/C18H29OS/c1-5-7-9-12-18(3,4)15-10-11-17(20)16(14-15)19-13-8-6-2/h10-11,14H,5-9,12-13H2,1-4H3. The van der Waals surface area contributed by atoms with Gasteiger partial charge in [-0.1, -0.05) is 72.1 Å². The van der Waals surface area contributed by atoms with E-state index in [9.17, 15) is 0 Å². The fourth-order valence-electron chi connectivity index (χ4n) is 2.33. The fraction of sp³-hybridized carbons (Fsp3) is 0.667. The Bertz CT molecular complexity index is 398. The van der Waals surface area contributed by atoms with Crippen molar-refractivity contribution < 1.29 is 4.74 Å². The van der Waals surface area contributed by atoms with Crippen molar-refractivity contribution in [3.05, 3.63) is 23.8 Å². The molecule has 0 unspecified atom stereocenters. The lowest BCUT2D eigenvalue weighted by molar-refractivity contribution is 0.301. The molecule has 20 heavy (non-hydrogen) atoms. The number of hydrogen-bond acceptors (Lipinski definition) is 1. The lowest BCUT2D eigenvalue weighted by Crippen LogP contribution is -2.17. The molecule has 0 spiro atoms. The van der Waals surface area contributed by atoms with Crippen molar-refractivity contribution in [3.8, 4) is 5.75 Å². The van der Waals surface area contributed by atoms with E-state index < -0.39 is 0 Å². The summed E-state index contributed by atoms with van der Waals surface area (Å²) in [6.45, 7) is 9.82. The van der Waals surface area contributed by atoms with Crippen LogP contribution in [0.3, 0.4) is 0 Å². The van der Waals surface area contributed by atoms with Gasteiger partial charge in [-0.25, -0.2) is 0 Å². The summed E-state index contributed by atoms with van der Waals surface area (Å²) >= 11 is 5.37. The van der Waals surface area contributed by atoms with Crippen molar-refractivity contribution in [2.75, 3.05) is 6.61 Å². The molecule has 1 aromatic rings. The lowest BCUT2D eigenvalue weighted by Gasteiger charge is -2.26. The fourth-order valence-corrected chi connectivity index (χ4v) is 2.52. The SMILES string of the molecule is CCCCCC(C)(C)c1ccc([S])c(OCCCC)c1. The molecule has 0 aromatic heterocycles. The number of rotatable bonds is 9. The Balaban J connectivity index is 2.76. The smallest absolute Gasteiger partial charge is 0.137 e. The molecule has 0 amide bonds. The van der Waals surface area contributed by atoms with Gasteiger partial charge in [0.25, 0.3) is 0 Å². The van der Waals surface area contributed by atoms with Crippen LogP contribution in [-0.4, -0.2) is 6.61 Å². The Labute approximate surface area is 130 Å². The van der Waals surface area contributed by atoms with Crippen molar-refractivity contribution in [3.63, 3.8) is 0 Å². The van der Waals surface area contributed by atoms with Gasteiger partial charge in [-0.2, -0.15) is 0 Å². The Morgan fingerprint density at radius 2 is 1.75 bits per heavy atom. The summed E-state index contributed by atoms with van der Waals surface area (Å²) in [6.07, 6.45) is 7.31. The molecule has 0 saturated heterocycles. The van der Waals surface area contributed by atoms with Crippen LogP contribution >= 0.6 is 12.6 Å². The van der Waals surface area contributed by atoms with E-state index in [-0.39, 0.29) is 5.41 Å². The molecule has 0 aliphatic carbocycles. The summed E-state index contributed by atoms with van der Waals surface area (Å²) < 4.78 is 5.83. The maximum atomic E-state index is 5.83. The number of benzene rings is 1. The molecule has 0 N–H and O–H groups in total. The lowest BCUT2D eigenvalue weighted by atomic mass is 9.80. The van der Waals surface area contributed by atoms with Crippen LogP contribution in [0, 0.1) is 0 Å². The summed E-state index contributed by atoms with van der Waals surface area (Å²) in [7, 11) is 0. The van der Waals surface area contributed by atoms with E-state index in [0.29, 0.717) is 0 Å². The Morgan fingerprint density at radius 1 is 1.05 bits per heavy atom. The quantitative estimate of drug-likeness (QED) is 0.487. The van der Waals surface area contributed by atoms with E-state index >= 15 is 0 Å². The van der Waals surface area contributed by atoms with E-state index in [0.717, 1.165) is 30.1 Å².